The minimum atomic E-state index is -1.13. The maximum absolute atomic E-state index is 11.2. The summed E-state index contributed by atoms with van der Waals surface area (Å²) in [5.41, 5.74) is 0. The van der Waals surface area contributed by atoms with E-state index in [1.807, 2.05) is 5.32 Å². The molecule has 0 radical (unpaired) electrons. The second kappa shape index (κ2) is 5.95. The third kappa shape index (κ3) is 4.36. The van der Waals surface area contributed by atoms with Gasteiger partial charge in [-0.3, -0.25) is 14.9 Å². The molecule has 0 aromatic rings. The van der Waals surface area contributed by atoms with Crippen LogP contribution in [0.25, 0.3) is 0 Å². The molecule has 7 nitrogen and oxygen atoms in total. The molecule has 1 aliphatic heterocycles. The van der Waals surface area contributed by atoms with E-state index in [4.69, 9.17) is 4.74 Å². The number of hydrogen-bond acceptors (Lipinski definition) is 6. The molecule has 98 valence electrons. The van der Waals surface area contributed by atoms with Gasteiger partial charge in [-0.05, 0) is 13.8 Å². The molecule has 2 amide bonds. The number of esters is 2. The first-order valence-electron chi connectivity index (χ1n) is 5.31. The Morgan fingerprint density at radius 3 is 2.39 bits per heavy atom. The molecule has 18 heavy (non-hydrogen) atoms. The highest BCUT2D eigenvalue weighted by molar-refractivity contribution is 6.06. The Hall–Kier alpha value is -2.18. The molecule has 1 saturated heterocycles. The van der Waals surface area contributed by atoms with E-state index in [1.54, 1.807) is 13.8 Å². The van der Waals surface area contributed by atoms with Crippen LogP contribution in [0.4, 0.5) is 0 Å². The molecule has 1 aliphatic rings. The van der Waals surface area contributed by atoms with Crippen molar-refractivity contribution in [2.45, 2.75) is 32.5 Å². The van der Waals surface area contributed by atoms with Crippen LogP contribution in [-0.2, 0) is 28.7 Å². The number of imide groups is 1. The molecule has 0 aromatic carbocycles. The average Bonchev–Trinajstić information content (AvgIpc) is 2.53. The summed E-state index contributed by atoms with van der Waals surface area (Å²) in [6, 6.07) is 0. The van der Waals surface area contributed by atoms with Crippen LogP contribution in [0.5, 0.6) is 0 Å². The van der Waals surface area contributed by atoms with Crippen molar-refractivity contribution in [1.29, 1.82) is 0 Å². The predicted molar refractivity (Wildman–Crippen MR) is 58.0 cm³/mol. The summed E-state index contributed by atoms with van der Waals surface area (Å²) in [6.45, 7) is 3.33. The standard InChI is InChI=1S/C11H13NO6/c1-6(2)17-9(14)3-4-10(15)18-7-5-8(13)12-11(7)16/h3-4,6-7H,5H2,1-2H3,(H,12,13,16)/b4-3+. The average molecular weight is 255 g/mol. The van der Waals surface area contributed by atoms with Crippen LogP contribution in [0, 0.1) is 0 Å². The largest absolute Gasteiger partial charge is 0.460 e. The van der Waals surface area contributed by atoms with Gasteiger partial charge in [0.25, 0.3) is 5.91 Å². The highest BCUT2D eigenvalue weighted by atomic mass is 16.6. The van der Waals surface area contributed by atoms with Crippen LogP contribution in [0.3, 0.4) is 0 Å². The molecule has 7 heteroatoms. The van der Waals surface area contributed by atoms with Crippen LogP contribution >= 0.6 is 0 Å². The Balaban J connectivity index is 2.42. The molecule has 0 aliphatic carbocycles. The van der Waals surface area contributed by atoms with Crippen LogP contribution < -0.4 is 5.32 Å². The van der Waals surface area contributed by atoms with Gasteiger partial charge >= 0.3 is 11.9 Å². The fourth-order valence-electron chi connectivity index (χ4n) is 1.21. The number of carbonyl (C=O) groups excluding carboxylic acids is 4. The Bertz CT molecular complexity index is 412. The maximum Gasteiger partial charge on any atom is 0.331 e. The van der Waals surface area contributed by atoms with E-state index in [9.17, 15) is 19.2 Å². The number of carbonyl (C=O) groups is 4. The Kier molecular flexibility index (Phi) is 4.59. The lowest BCUT2D eigenvalue weighted by molar-refractivity contribution is -0.149. The number of ether oxygens (including phenoxy) is 2. The summed E-state index contributed by atoms with van der Waals surface area (Å²) >= 11 is 0. The Morgan fingerprint density at radius 2 is 1.89 bits per heavy atom. The first kappa shape index (κ1) is 13.9. The smallest absolute Gasteiger partial charge is 0.331 e. The van der Waals surface area contributed by atoms with Crippen molar-refractivity contribution < 1.29 is 28.7 Å². The number of nitrogens with one attached hydrogen (secondary N) is 1. The molecule has 1 heterocycles. The van der Waals surface area contributed by atoms with E-state index < -0.39 is 29.9 Å². The van der Waals surface area contributed by atoms with Crippen molar-refractivity contribution in [2.24, 2.45) is 0 Å². The van der Waals surface area contributed by atoms with E-state index in [2.05, 4.69) is 4.74 Å². The normalized spacial score (nSPS) is 19.2. The molecule has 0 bridgehead atoms. The van der Waals surface area contributed by atoms with Crippen LogP contribution in [0.15, 0.2) is 12.2 Å². The maximum atomic E-state index is 11.2. The van der Waals surface area contributed by atoms with Gasteiger partial charge in [-0.25, -0.2) is 9.59 Å². The summed E-state index contributed by atoms with van der Waals surface area (Å²) in [5, 5.41) is 1.99. The lowest BCUT2D eigenvalue weighted by Crippen LogP contribution is -2.28. The highest BCUT2D eigenvalue weighted by Crippen LogP contribution is 2.06. The fraction of sp³-hybridized carbons (Fsp3) is 0.455. The van der Waals surface area contributed by atoms with Crippen LogP contribution in [0.2, 0.25) is 0 Å². The molecule has 0 saturated carbocycles. The van der Waals surface area contributed by atoms with Gasteiger partial charge in [0.05, 0.1) is 12.5 Å². The van der Waals surface area contributed by atoms with Gasteiger partial charge in [-0.2, -0.15) is 0 Å². The summed E-state index contributed by atoms with van der Waals surface area (Å²) in [7, 11) is 0. The van der Waals surface area contributed by atoms with E-state index in [0.29, 0.717) is 0 Å². The summed E-state index contributed by atoms with van der Waals surface area (Å²) in [6.07, 6.45) is 0.124. The summed E-state index contributed by atoms with van der Waals surface area (Å²) in [4.78, 5) is 44.2. The molecule has 1 unspecified atom stereocenters. The second-order valence-electron chi connectivity index (χ2n) is 3.86. The van der Waals surface area contributed by atoms with Crippen molar-refractivity contribution in [3.8, 4) is 0 Å². The van der Waals surface area contributed by atoms with E-state index in [0.717, 1.165) is 12.2 Å². The molecule has 1 rings (SSSR count). The topological polar surface area (TPSA) is 98.8 Å². The number of hydrogen-bond donors (Lipinski definition) is 1. The van der Waals surface area contributed by atoms with Crippen LogP contribution in [-0.4, -0.2) is 36.0 Å². The van der Waals surface area contributed by atoms with Gasteiger partial charge in [-0.15, -0.1) is 0 Å². The molecule has 1 atom stereocenters. The summed E-state index contributed by atoms with van der Waals surface area (Å²) < 4.78 is 9.42. The third-order valence-corrected chi connectivity index (χ3v) is 1.89. The molecule has 0 spiro atoms. The van der Waals surface area contributed by atoms with Gasteiger partial charge in [0.15, 0.2) is 6.10 Å². The Morgan fingerprint density at radius 1 is 1.28 bits per heavy atom. The van der Waals surface area contributed by atoms with Crippen molar-refractivity contribution in [2.75, 3.05) is 0 Å². The SMILES string of the molecule is CC(C)OC(=O)/C=C/C(=O)OC1CC(=O)NC1=O. The van der Waals surface area contributed by atoms with Crippen molar-refractivity contribution >= 4 is 23.8 Å². The number of rotatable bonds is 4. The van der Waals surface area contributed by atoms with E-state index >= 15 is 0 Å². The minimum absolute atomic E-state index is 0.200. The molecular formula is C11H13NO6. The first-order valence-corrected chi connectivity index (χ1v) is 5.31. The third-order valence-electron chi connectivity index (χ3n) is 1.89. The van der Waals surface area contributed by atoms with Gasteiger partial charge < -0.3 is 9.47 Å². The zero-order valence-electron chi connectivity index (χ0n) is 9.97. The lowest BCUT2D eigenvalue weighted by Gasteiger charge is -2.06. The molecule has 1 fully saturated rings. The van der Waals surface area contributed by atoms with Gasteiger partial charge in [0.1, 0.15) is 0 Å². The monoisotopic (exact) mass is 255 g/mol. The second-order valence-corrected chi connectivity index (χ2v) is 3.86. The predicted octanol–water partition coefficient (Wildman–Crippen LogP) is -0.548. The lowest BCUT2D eigenvalue weighted by atomic mass is 10.3. The zero-order valence-corrected chi connectivity index (χ0v) is 9.97. The van der Waals surface area contributed by atoms with Gasteiger partial charge in [0, 0.05) is 12.2 Å². The first-order chi connectivity index (χ1) is 8.38. The van der Waals surface area contributed by atoms with Crippen molar-refractivity contribution in [1.82, 2.24) is 5.32 Å². The zero-order chi connectivity index (χ0) is 13.7. The number of amides is 2. The van der Waals surface area contributed by atoms with Crippen LogP contribution in [0.1, 0.15) is 20.3 Å². The molecule has 1 N–H and O–H groups in total. The molecular weight excluding hydrogens is 242 g/mol. The van der Waals surface area contributed by atoms with E-state index in [-0.39, 0.29) is 12.5 Å². The Labute approximate surface area is 103 Å². The summed E-state index contributed by atoms with van der Waals surface area (Å²) in [5.74, 6) is -2.73. The van der Waals surface area contributed by atoms with Gasteiger partial charge in [0.2, 0.25) is 5.91 Å². The highest BCUT2D eigenvalue weighted by Gasteiger charge is 2.33. The van der Waals surface area contributed by atoms with Gasteiger partial charge in [-0.1, -0.05) is 0 Å². The van der Waals surface area contributed by atoms with Crippen molar-refractivity contribution in [3.05, 3.63) is 12.2 Å². The van der Waals surface area contributed by atoms with E-state index in [1.165, 1.54) is 0 Å². The fourth-order valence-corrected chi connectivity index (χ4v) is 1.21. The quantitative estimate of drug-likeness (QED) is 0.411. The van der Waals surface area contributed by atoms with Crippen molar-refractivity contribution in [3.63, 3.8) is 0 Å². The molecule has 0 aromatic heterocycles. The minimum Gasteiger partial charge on any atom is -0.460 e.